The summed E-state index contributed by atoms with van der Waals surface area (Å²) >= 11 is 5.70. The molecule has 6 nitrogen and oxygen atoms in total. The third kappa shape index (κ3) is 2.53. The minimum Gasteiger partial charge on any atom is -0.258 e. The van der Waals surface area contributed by atoms with Crippen molar-refractivity contribution in [2.45, 2.75) is 6.18 Å². The largest absolute Gasteiger partial charge is 0.436 e. The molecule has 0 bridgehead atoms. The Balaban J connectivity index is 2.76. The molecule has 2 aromatic rings. The molecule has 0 atom stereocenters. The number of benzene rings is 1. The van der Waals surface area contributed by atoms with Crippen LogP contribution in [0.4, 0.5) is 18.9 Å². The summed E-state index contributed by atoms with van der Waals surface area (Å²) in [6, 6.07) is 6.29. The number of aromatic nitrogens is 2. The number of alkyl halides is 3. The molecule has 0 spiro atoms. The van der Waals surface area contributed by atoms with Gasteiger partial charge in [0.2, 0.25) is 0 Å². The smallest absolute Gasteiger partial charge is 0.258 e. The summed E-state index contributed by atoms with van der Waals surface area (Å²) in [5.74, 6) is 0. The summed E-state index contributed by atoms with van der Waals surface area (Å²) in [5, 5.41) is 22.2. The standard InChI is InChI=1S/C11H4ClF3N4O2/c12-10-6(5-16)9(11(13,14)15)17-18(10)7-3-1-2-4-8(7)19(20)21/h1-4H. The van der Waals surface area contributed by atoms with Crippen LogP contribution in [0.5, 0.6) is 0 Å². The summed E-state index contributed by atoms with van der Waals surface area (Å²) in [7, 11) is 0. The average molecular weight is 317 g/mol. The molecule has 21 heavy (non-hydrogen) atoms. The van der Waals surface area contributed by atoms with Crippen LogP contribution in [0.15, 0.2) is 24.3 Å². The Hall–Kier alpha value is -2.60. The van der Waals surface area contributed by atoms with Gasteiger partial charge in [-0.3, -0.25) is 10.1 Å². The molecule has 0 saturated carbocycles. The maximum absolute atomic E-state index is 12.8. The fraction of sp³-hybridized carbons (Fsp3) is 0.0909. The molecule has 0 N–H and O–H groups in total. The van der Waals surface area contributed by atoms with Gasteiger partial charge in [-0.2, -0.15) is 23.5 Å². The molecular weight excluding hydrogens is 313 g/mol. The normalized spacial score (nSPS) is 11.2. The molecule has 1 aromatic carbocycles. The summed E-state index contributed by atoms with van der Waals surface area (Å²) in [5.41, 5.74) is -3.13. The van der Waals surface area contributed by atoms with Crippen molar-refractivity contribution in [1.29, 1.82) is 5.26 Å². The number of nitro benzene ring substituents is 1. The maximum Gasteiger partial charge on any atom is 0.436 e. The zero-order valence-corrected chi connectivity index (χ0v) is 10.7. The van der Waals surface area contributed by atoms with E-state index in [9.17, 15) is 23.3 Å². The molecule has 0 aliphatic carbocycles. The van der Waals surface area contributed by atoms with Crippen molar-refractivity contribution in [2.24, 2.45) is 0 Å². The minimum atomic E-state index is -4.90. The zero-order chi connectivity index (χ0) is 15.8. The van der Waals surface area contributed by atoms with Crippen molar-refractivity contribution in [1.82, 2.24) is 9.78 Å². The average Bonchev–Trinajstić information content (AvgIpc) is 2.75. The van der Waals surface area contributed by atoms with E-state index in [4.69, 9.17) is 16.9 Å². The van der Waals surface area contributed by atoms with Gasteiger partial charge in [0, 0.05) is 6.07 Å². The van der Waals surface area contributed by atoms with E-state index < -0.39 is 33.2 Å². The zero-order valence-electron chi connectivity index (χ0n) is 9.93. The molecule has 0 radical (unpaired) electrons. The van der Waals surface area contributed by atoms with Crippen LogP contribution in [-0.4, -0.2) is 14.7 Å². The Morgan fingerprint density at radius 3 is 2.48 bits per heavy atom. The number of halogens is 4. The number of nitro groups is 1. The van der Waals surface area contributed by atoms with Gasteiger partial charge in [0.15, 0.2) is 10.8 Å². The highest BCUT2D eigenvalue weighted by Gasteiger charge is 2.40. The summed E-state index contributed by atoms with van der Waals surface area (Å²) in [4.78, 5) is 10.1. The van der Waals surface area contributed by atoms with Crippen molar-refractivity contribution < 1.29 is 18.1 Å². The van der Waals surface area contributed by atoms with Crippen molar-refractivity contribution in [3.8, 4) is 11.8 Å². The first-order valence-electron chi connectivity index (χ1n) is 5.27. The first-order valence-corrected chi connectivity index (χ1v) is 5.64. The monoisotopic (exact) mass is 316 g/mol. The van der Waals surface area contributed by atoms with Gasteiger partial charge in [-0.15, -0.1) is 0 Å². The van der Waals surface area contributed by atoms with Crippen LogP contribution >= 0.6 is 11.6 Å². The van der Waals surface area contributed by atoms with Crippen LogP contribution in [0.1, 0.15) is 11.3 Å². The van der Waals surface area contributed by atoms with E-state index in [0.717, 1.165) is 6.07 Å². The van der Waals surface area contributed by atoms with Crippen molar-refractivity contribution in [2.75, 3.05) is 0 Å². The van der Waals surface area contributed by atoms with Crippen LogP contribution in [0.25, 0.3) is 5.69 Å². The van der Waals surface area contributed by atoms with Gasteiger partial charge < -0.3 is 0 Å². The summed E-state index contributed by atoms with van der Waals surface area (Å²) in [6.07, 6.45) is -4.90. The lowest BCUT2D eigenvalue weighted by atomic mass is 10.2. The predicted molar refractivity (Wildman–Crippen MR) is 64.9 cm³/mol. The number of rotatable bonds is 2. The van der Waals surface area contributed by atoms with Gasteiger partial charge in [-0.1, -0.05) is 23.7 Å². The molecule has 108 valence electrons. The van der Waals surface area contributed by atoms with Crippen LogP contribution < -0.4 is 0 Å². The lowest BCUT2D eigenvalue weighted by Crippen LogP contribution is -2.09. The van der Waals surface area contributed by atoms with Gasteiger partial charge in [0.05, 0.1) is 4.92 Å². The minimum absolute atomic E-state index is 0.264. The van der Waals surface area contributed by atoms with E-state index in [-0.39, 0.29) is 5.69 Å². The van der Waals surface area contributed by atoms with Crippen molar-refractivity contribution >= 4 is 17.3 Å². The highest BCUT2D eigenvalue weighted by atomic mass is 35.5. The maximum atomic E-state index is 12.8. The molecule has 0 fully saturated rings. The first kappa shape index (κ1) is 14.8. The highest BCUT2D eigenvalue weighted by molar-refractivity contribution is 6.31. The molecule has 1 aromatic heterocycles. The Bertz CT molecular complexity index is 764. The Morgan fingerprint density at radius 1 is 1.38 bits per heavy atom. The third-order valence-corrected chi connectivity index (χ3v) is 2.87. The summed E-state index contributed by atoms with van der Waals surface area (Å²) in [6.45, 7) is 0. The van der Waals surface area contributed by atoms with Crippen molar-refractivity contribution in [3.05, 3.63) is 50.8 Å². The van der Waals surface area contributed by atoms with Crippen LogP contribution in [0.2, 0.25) is 5.15 Å². The fourth-order valence-corrected chi connectivity index (χ4v) is 1.91. The number of para-hydroxylation sites is 2. The fourth-order valence-electron chi connectivity index (χ4n) is 1.65. The highest BCUT2D eigenvalue weighted by Crippen LogP contribution is 2.36. The van der Waals surface area contributed by atoms with E-state index in [1.165, 1.54) is 24.3 Å². The quantitative estimate of drug-likeness (QED) is 0.628. The molecule has 0 amide bonds. The summed E-state index contributed by atoms with van der Waals surface area (Å²) < 4.78 is 38.9. The Morgan fingerprint density at radius 2 is 2.00 bits per heavy atom. The SMILES string of the molecule is N#Cc1c(C(F)(F)F)nn(-c2ccccc2[N+](=O)[O-])c1Cl. The number of hydrogen-bond donors (Lipinski definition) is 0. The van der Waals surface area contributed by atoms with Crippen LogP contribution in [0.3, 0.4) is 0 Å². The molecule has 1 heterocycles. The van der Waals surface area contributed by atoms with Crippen LogP contribution in [0, 0.1) is 21.4 Å². The number of hydrogen-bond acceptors (Lipinski definition) is 4. The molecule has 0 aliphatic rings. The molecule has 2 rings (SSSR count). The molecule has 0 saturated heterocycles. The first-order chi connectivity index (χ1) is 9.77. The topological polar surface area (TPSA) is 84.8 Å². The van der Waals surface area contributed by atoms with Gasteiger partial charge >= 0.3 is 6.18 Å². The van der Waals surface area contributed by atoms with E-state index in [1.54, 1.807) is 0 Å². The Labute approximate surface area is 120 Å². The van der Waals surface area contributed by atoms with E-state index >= 15 is 0 Å². The lowest BCUT2D eigenvalue weighted by molar-refractivity contribution is -0.384. The van der Waals surface area contributed by atoms with Crippen LogP contribution in [-0.2, 0) is 6.18 Å². The molecule has 0 unspecified atom stereocenters. The van der Waals surface area contributed by atoms with Crippen molar-refractivity contribution in [3.63, 3.8) is 0 Å². The predicted octanol–water partition coefficient (Wildman–Crippen LogP) is 3.32. The second-order valence-corrected chi connectivity index (χ2v) is 4.14. The van der Waals surface area contributed by atoms with E-state index in [2.05, 4.69) is 5.10 Å². The molecule has 10 heteroatoms. The second kappa shape index (κ2) is 5.06. The molecule has 0 aliphatic heterocycles. The van der Waals surface area contributed by atoms with Gasteiger partial charge in [0.1, 0.15) is 17.3 Å². The number of nitriles is 1. The molecular formula is C11H4ClF3N4O2. The van der Waals surface area contributed by atoms with Gasteiger partial charge in [-0.05, 0) is 6.07 Å². The lowest BCUT2D eigenvalue weighted by Gasteiger charge is -2.04. The van der Waals surface area contributed by atoms with E-state index in [1.807, 2.05) is 0 Å². The third-order valence-electron chi connectivity index (χ3n) is 2.52. The van der Waals surface area contributed by atoms with Gasteiger partial charge in [-0.25, -0.2) is 4.68 Å². The number of nitrogens with zero attached hydrogens (tertiary/aromatic N) is 4. The van der Waals surface area contributed by atoms with Gasteiger partial charge in [0.25, 0.3) is 5.69 Å². The Kier molecular flexibility index (Phi) is 3.57. The van der Waals surface area contributed by atoms with E-state index in [0.29, 0.717) is 4.68 Å². The second-order valence-electron chi connectivity index (χ2n) is 3.78.